The van der Waals surface area contributed by atoms with Crippen LogP contribution in [0.1, 0.15) is 16.7 Å². The molecule has 0 aliphatic rings. The summed E-state index contributed by atoms with van der Waals surface area (Å²) in [6.45, 7) is 6.01. The fourth-order valence-corrected chi connectivity index (χ4v) is 2.94. The minimum atomic E-state index is -0.306. The van der Waals surface area contributed by atoms with Gasteiger partial charge in [-0.15, -0.1) is 0 Å². The summed E-state index contributed by atoms with van der Waals surface area (Å²) in [5.74, 6) is 1.46. The highest BCUT2D eigenvalue weighted by Crippen LogP contribution is 2.25. The van der Waals surface area contributed by atoms with Gasteiger partial charge in [-0.2, -0.15) is 0 Å². The molecule has 0 bridgehead atoms. The number of nitrogens with two attached hydrogens (primary N) is 1. The topological polar surface area (TPSA) is 65.3 Å². The maximum Gasteiger partial charge on any atom is 0.336 e. The van der Waals surface area contributed by atoms with Crippen molar-refractivity contribution in [3.63, 3.8) is 0 Å². The largest absolute Gasteiger partial charge is 0.493 e. The van der Waals surface area contributed by atoms with Crippen LogP contribution < -0.4 is 20.4 Å². The van der Waals surface area contributed by atoms with Gasteiger partial charge in [0.25, 0.3) is 0 Å². The minimum Gasteiger partial charge on any atom is -0.493 e. The molecular formula is C21H24NO4+. The van der Waals surface area contributed by atoms with Crippen molar-refractivity contribution in [1.29, 1.82) is 0 Å². The summed E-state index contributed by atoms with van der Waals surface area (Å²) in [6, 6.07) is 13.3. The second-order valence-corrected chi connectivity index (χ2v) is 6.26. The molecule has 1 heterocycles. The molecule has 3 aromatic rings. The van der Waals surface area contributed by atoms with Gasteiger partial charge in [0, 0.05) is 17.0 Å². The van der Waals surface area contributed by atoms with E-state index in [2.05, 4.69) is 11.4 Å². The molecule has 136 valence electrons. The zero-order valence-electron chi connectivity index (χ0n) is 15.4. The van der Waals surface area contributed by atoms with Crippen LogP contribution in [0.3, 0.4) is 0 Å². The summed E-state index contributed by atoms with van der Waals surface area (Å²) in [4.78, 5) is 11.9. The number of benzene rings is 2. The summed E-state index contributed by atoms with van der Waals surface area (Å²) >= 11 is 0. The summed E-state index contributed by atoms with van der Waals surface area (Å²) in [5, 5.41) is 3.12. The Morgan fingerprint density at radius 2 is 1.85 bits per heavy atom. The smallest absolute Gasteiger partial charge is 0.336 e. The van der Waals surface area contributed by atoms with Gasteiger partial charge < -0.3 is 19.2 Å². The molecule has 2 N–H and O–H groups in total. The number of para-hydroxylation sites is 2. The van der Waals surface area contributed by atoms with E-state index in [0.29, 0.717) is 18.7 Å². The Morgan fingerprint density at radius 3 is 2.62 bits per heavy atom. The van der Waals surface area contributed by atoms with Gasteiger partial charge in [0.05, 0.1) is 7.11 Å². The molecule has 0 atom stereocenters. The van der Waals surface area contributed by atoms with E-state index >= 15 is 0 Å². The van der Waals surface area contributed by atoms with E-state index < -0.39 is 0 Å². The molecular weight excluding hydrogens is 330 g/mol. The monoisotopic (exact) mass is 354 g/mol. The molecule has 1 aromatic heterocycles. The van der Waals surface area contributed by atoms with Crippen molar-refractivity contribution in [2.75, 3.05) is 20.3 Å². The van der Waals surface area contributed by atoms with Crippen LogP contribution in [-0.4, -0.2) is 20.3 Å². The van der Waals surface area contributed by atoms with Crippen molar-refractivity contribution in [3.05, 3.63) is 69.6 Å². The zero-order valence-corrected chi connectivity index (χ0v) is 15.4. The van der Waals surface area contributed by atoms with Crippen molar-refractivity contribution in [3.8, 4) is 11.5 Å². The van der Waals surface area contributed by atoms with Crippen LogP contribution in [0.5, 0.6) is 11.5 Å². The zero-order chi connectivity index (χ0) is 18.5. The van der Waals surface area contributed by atoms with Crippen LogP contribution in [0, 0.1) is 13.8 Å². The van der Waals surface area contributed by atoms with E-state index in [1.54, 1.807) is 13.2 Å². The third-order valence-corrected chi connectivity index (χ3v) is 4.53. The normalized spacial score (nSPS) is 10.9. The quantitative estimate of drug-likeness (QED) is 0.523. The number of rotatable bonds is 7. The first-order chi connectivity index (χ1) is 12.6. The molecule has 0 fully saturated rings. The van der Waals surface area contributed by atoms with Gasteiger partial charge in [-0.25, -0.2) is 4.79 Å². The van der Waals surface area contributed by atoms with Gasteiger partial charge in [-0.1, -0.05) is 24.3 Å². The van der Waals surface area contributed by atoms with Gasteiger partial charge in [-0.3, -0.25) is 0 Å². The molecule has 0 aliphatic carbocycles. The summed E-state index contributed by atoms with van der Waals surface area (Å²) in [7, 11) is 1.63. The molecule has 2 aromatic carbocycles. The second-order valence-electron chi connectivity index (χ2n) is 6.26. The number of aryl methyl sites for hydroxylation is 2. The molecule has 26 heavy (non-hydrogen) atoms. The molecule has 3 rings (SSSR count). The van der Waals surface area contributed by atoms with E-state index in [-0.39, 0.29) is 5.63 Å². The molecule has 5 heteroatoms. The summed E-state index contributed by atoms with van der Waals surface area (Å²) < 4.78 is 16.5. The lowest BCUT2D eigenvalue weighted by molar-refractivity contribution is -0.671. The van der Waals surface area contributed by atoms with E-state index in [4.69, 9.17) is 13.9 Å². The van der Waals surface area contributed by atoms with Crippen molar-refractivity contribution < 1.29 is 19.2 Å². The van der Waals surface area contributed by atoms with E-state index in [1.807, 2.05) is 44.2 Å². The third kappa shape index (κ3) is 3.89. The highest BCUT2D eigenvalue weighted by Gasteiger charge is 2.10. The minimum absolute atomic E-state index is 0.306. The third-order valence-electron chi connectivity index (χ3n) is 4.53. The first-order valence-corrected chi connectivity index (χ1v) is 8.70. The average Bonchev–Trinajstić information content (AvgIpc) is 2.65. The number of hydrogen-bond acceptors (Lipinski definition) is 4. The van der Waals surface area contributed by atoms with Gasteiger partial charge in [-0.05, 0) is 37.1 Å². The van der Waals surface area contributed by atoms with Crippen LogP contribution in [0.25, 0.3) is 11.0 Å². The van der Waals surface area contributed by atoms with Crippen LogP contribution >= 0.6 is 0 Å². The number of quaternary nitrogens is 1. The van der Waals surface area contributed by atoms with E-state index in [0.717, 1.165) is 40.1 Å². The molecule has 0 amide bonds. The van der Waals surface area contributed by atoms with Gasteiger partial charge >= 0.3 is 5.63 Å². The SMILES string of the molecule is COc1ccccc1OCC[NH2+]Cc1cc(=O)oc2c(C)c(C)ccc12. The van der Waals surface area contributed by atoms with Crippen molar-refractivity contribution in [2.24, 2.45) is 0 Å². The molecule has 5 nitrogen and oxygen atoms in total. The molecule has 0 spiro atoms. The lowest BCUT2D eigenvalue weighted by atomic mass is 10.0. The highest BCUT2D eigenvalue weighted by molar-refractivity contribution is 5.83. The fourth-order valence-electron chi connectivity index (χ4n) is 2.94. The molecule has 0 unspecified atom stereocenters. The van der Waals surface area contributed by atoms with Crippen LogP contribution in [0.15, 0.2) is 51.7 Å². The van der Waals surface area contributed by atoms with E-state index in [9.17, 15) is 4.79 Å². The number of methoxy groups -OCH3 is 1. The maximum absolute atomic E-state index is 11.9. The Bertz CT molecular complexity index is 962. The molecule has 0 saturated heterocycles. The molecule has 0 saturated carbocycles. The van der Waals surface area contributed by atoms with Gasteiger partial charge in [0.2, 0.25) is 0 Å². The molecule has 0 aliphatic heterocycles. The van der Waals surface area contributed by atoms with Crippen molar-refractivity contribution >= 4 is 11.0 Å². The first kappa shape index (κ1) is 18.0. The van der Waals surface area contributed by atoms with Crippen LogP contribution in [0.2, 0.25) is 0 Å². The number of fused-ring (bicyclic) bond motifs is 1. The Kier molecular flexibility index (Phi) is 5.58. The van der Waals surface area contributed by atoms with Gasteiger partial charge in [0.15, 0.2) is 11.5 Å². The van der Waals surface area contributed by atoms with Crippen LogP contribution in [0.4, 0.5) is 0 Å². The fraction of sp³-hybridized carbons (Fsp3) is 0.286. The summed E-state index contributed by atoms with van der Waals surface area (Å²) in [5.41, 5.74) is 3.50. The predicted molar refractivity (Wildman–Crippen MR) is 101 cm³/mol. The Hall–Kier alpha value is -2.79. The van der Waals surface area contributed by atoms with Gasteiger partial charge in [0.1, 0.15) is 25.3 Å². The van der Waals surface area contributed by atoms with Crippen LogP contribution in [-0.2, 0) is 6.54 Å². The number of ether oxygens (including phenoxy) is 2. The maximum atomic E-state index is 11.9. The lowest BCUT2D eigenvalue weighted by Crippen LogP contribution is -2.83. The average molecular weight is 354 g/mol. The standard InChI is InChI=1S/C21H23NO4/c1-14-8-9-17-16(12-20(23)26-21(17)15(14)2)13-22-10-11-25-19-7-5-4-6-18(19)24-3/h4-9,12,22H,10-11,13H2,1-3H3/p+1. The van der Waals surface area contributed by atoms with Crippen molar-refractivity contribution in [2.45, 2.75) is 20.4 Å². The number of hydrogen-bond donors (Lipinski definition) is 1. The lowest BCUT2D eigenvalue weighted by Gasteiger charge is -2.10. The molecule has 0 radical (unpaired) electrons. The first-order valence-electron chi connectivity index (χ1n) is 8.70. The Labute approximate surface area is 152 Å². The highest BCUT2D eigenvalue weighted by atomic mass is 16.5. The van der Waals surface area contributed by atoms with E-state index in [1.165, 1.54) is 0 Å². The summed E-state index contributed by atoms with van der Waals surface area (Å²) in [6.07, 6.45) is 0. The van der Waals surface area contributed by atoms with Crippen molar-refractivity contribution in [1.82, 2.24) is 0 Å². The Balaban J connectivity index is 1.63. The second kappa shape index (κ2) is 8.06. The predicted octanol–water partition coefficient (Wildman–Crippen LogP) is 2.56. The Morgan fingerprint density at radius 1 is 1.08 bits per heavy atom.